The van der Waals surface area contributed by atoms with Gasteiger partial charge in [-0.3, -0.25) is 9.78 Å². The third-order valence-electron chi connectivity index (χ3n) is 4.27. The van der Waals surface area contributed by atoms with Crippen LogP contribution in [0.1, 0.15) is 33.6 Å². The van der Waals surface area contributed by atoms with Crippen molar-refractivity contribution in [3.05, 3.63) is 24.5 Å². The zero-order valence-corrected chi connectivity index (χ0v) is 18.2. The average molecular weight is 474 g/mol. The van der Waals surface area contributed by atoms with Gasteiger partial charge < -0.3 is 20.9 Å². The third kappa shape index (κ3) is 7.86. The second-order valence-corrected chi connectivity index (χ2v) is 6.53. The molecule has 1 aromatic rings. The highest BCUT2D eigenvalue weighted by molar-refractivity contribution is 14.0. The Labute approximate surface area is 173 Å². The first-order chi connectivity index (χ1) is 12.1. The van der Waals surface area contributed by atoms with Crippen LogP contribution in [0.15, 0.2) is 29.5 Å². The van der Waals surface area contributed by atoms with Crippen molar-refractivity contribution >= 4 is 41.5 Å². The predicted octanol–water partition coefficient (Wildman–Crippen LogP) is 2.07. The molecule has 1 aromatic heterocycles. The molecule has 8 heteroatoms. The van der Waals surface area contributed by atoms with Crippen LogP contribution in [0.2, 0.25) is 0 Å². The van der Waals surface area contributed by atoms with Crippen molar-refractivity contribution in [2.45, 2.75) is 45.7 Å². The summed E-state index contributed by atoms with van der Waals surface area (Å²) in [5, 5.41) is 9.46. The van der Waals surface area contributed by atoms with Gasteiger partial charge in [0.15, 0.2) is 5.96 Å². The van der Waals surface area contributed by atoms with Crippen LogP contribution < -0.4 is 16.0 Å². The van der Waals surface area contributed by atoms with E-state index in [1.54, 1.807) is 24.5 Å². The molecule has 0 bridgehead atoms. The molecule has 1 amide bonds. The maximum atomic E-state index is 12.0. The molecule has 1 saturated heterocycles. The van der Waals surface area contributed by atoms with E-state index in [1.807, 2.05) is 6.92 Å². The normalized spacial score (nSPS) is 16.1. The molecule has 26 heavy (non-hydrogen) atoms. The molecule has 3 N–H and O–H groups in total. The molecule has 1 aliphatic heterocycles. The highest BCUT2D eigenvalue weighted by Crippen LogP contribution is 2.12. The number of nitrogens with one attached hydrogen (secondary N) is 3. The van der Waals surface area contributed by atoms with Crippen molar-refractivity contribution in [2.75, 3.05) is 31.5 Å². The Morgan fingerprint density at radius 2 is 2.12 bits per heavy atom. The molecule has 2 rings (SSSR count). The lowest BCUT2D eigenvalue weighted by Gasteiger charge is -2.35. The molecule has 0 spiro atoms. The largest absolute Gasteiger partial charge is 0.357 e. The number of piperidine rings is 1. The van der Waals surface area contributed by atoms with Crippen molar-refractivity contribution in [1.82, 2.24) is 20.5 Å². The van der Waals surface area contributed by atoms with E-state index < -0.39 is 0 Å². The highest BCUT2D eigenvalue weighted by Gasteiger charge is 2.21. The number of amides is 1. The molecule has 0 aliphatic carbocycles. The van der Waals surface area contributed by atoms with Gasteiger partial charge in [-0.25, -0.2) is 4.99 Å². The molecule has 0 radical (unpaired) electrons. The summed E-state index contributed by atoms with van der Waals surface area (Å²) in [5.41, 5.74) is 0.682. The summed E-state index contributed by atoms with van der Waals surface area (Å²) in [7, 11) is 0. The SMILES string of the molecule is CCNC(=NCC(=O)Nc1cccnc1)NC1CCN(C(C)C)CC1.I. The first-order valence-electron chi connectivity index (χ1n) is 9.07. The number of nitrogens with zero attached hydrogens (tertiary/aromatic N) is 3. The first-order valence-corrected chi connectivity index (χ1v) is 9.07. The van der Waals surface area contributed by atoms with Crippen LogP contribution in [0.3, 0.4) is 0 Å². The first kappa shape index (κ1) is 22.6. The summed E-state index contributed by atoms with van der Waals surface area (Å²) in [6, 6.07) is 4.59. The average Bonchev–Trinajstić information content (AvgIpc) is 2.61. The van der Waals surface area contributed by atoms with Gasteiger partial charge in [0.25, 0.3) is 0 Å². The molecule has 146 valence electrons. The topological polar surface area (TPSA) is 81.6 Å². The number of carbonyl (C=O) groups excluding carboxylic acids is 1. The van der Waals surface area contributed by atoms with Gasteiger partial charge in [0.2, 0.25) is 5.91 Å². The van der Waals surface area contributed by atoms with E-state index in [-0.39, 0.29) is 36.4 Å². The number of guanidine groups is 1. The summed E-state index contributed by atoms with van der Waals surface area (Å²) in [6.45, 7) is 9.52. The lowest BCUT2D eigenvalue weighted by atomic mass is 10.0. The second-order valence-electron chi connectivity index (χ2n) is 6.53. The Morgan fingerprint density at radius 3 is 2.69 bits per heavy atom. The van der Waals surface area contributed by atoms with Gasteiger partial charge in [0, 0.05) is 37.9 Å². The Morgan fingerprint density at radius 1 is 1.38 bits per heavy atom. The maximum absolute atomic E-state index is 12.0. The maximum Gasteiger partial charge on any atom is 0.246 e. The Hall–Kier alpha value is -1.42. The summed E-state index contributed by atoms with van der Waals surface area (Å²) in [4.78, 5) is 22.9. The lowest BCUT2D eigenvalue weighted by molar-refractivity contribution is -0.114. The van der Waals surface area contributed by atoms with Crippen LogP contribution in [-0.2, 0) is 4.79 Å². The van der Waals surface area contributed by atoms with E-state index in [9.17, 15) is 4.79 Å². The van der Waals surface area contributed by atoms with Gasteiger partial charge in [0.1, 0.15) is 6.54 Å². The molecule has 1 fully saturated rings. The van der Waals surface area contributed by atoms with E-state index in [2.05, 4.69) is 44.7 Å². The monoisotopic (exact) mass is 474 g/mol. The number of aromatic nitrogens is 1. The zero-order valence-electron chi connectivity index (χ0n) is 15.9. The molecule has 0 atom stereocenters. The number of aliphatic imine (C=N–C) groups is 1. The number of carbonyl (C=O) groups is 1. The molecule has 0 saturated carbocycles. The van der Waals surface area contributed by atoms with Crippen molar-refractivity contribution < 1.29 is 4.79 Å². The standard InChI is InChI=1S/C18H30N6O.HI/c1-4-20-18(23-15-7-10-24(11-8-15)14(2)3)21-13-17(25)22-16-6-5-9-19-12-16;/h5-6,9,12,14-15H,4,7-8,10-11,13H2,1-3H3,(H,22,25)(H2,20,21,23);1H. The van der Waals surface area contributed by atoms with Crippen LogP contribution in [0.25, 0.3) is 0 Å². The zero-order chi connectivity index (χ0) is 18.1. The number of hydrogen-bond donors (Lipinski definition) is 3. The van der Waals surface area contributed by atoms with Crippen molar-refractivity contribution in [3.8, 4) is 0 Å². The molecule has 1 aliphatic rings. The van der Waals surface area contributed by atoms with Crippen LogP contribution >= 0.6 is 24.0 Å². The van der Waals surface area contributed by atoms with Crippen molar-refractivity contribution in [3.63, 3.8) is 0 Å². The Kier molecular flexibility index (Phi) is 10.5. The van der Waals surface area contributed by atoms with E-state index in [0.717, 1.165) is 32.5 Å². The number of likely N-dealkylation sites (tertiary alicyclic amines) is 1. The Bertz CT molecular complexity index is 558. The van der Waals surface area contributed by atoms with Gasteiger partial charge in [-0.05, 0) is 45.7 Å². The Balaban J connectivity index is 0.00000338. The van der Waals surface area contributed by atoms with Crippen molar-refractivity contribution in [1.29, 1.82) is 0 Å². The summed E-state index contributed by atoms with van der Waals surface area (Å²) in [5.74, 6) is 0.548. The van der Waals surface area contributed by atoms with Gasteiger partial charge >= 0.3 is 0 Å². The van der Waals surface area contributed by atoms with Crippen LogP contribution in [-0.4, -0.2) is 60.0 Å². The van der Waals surface area contributed by atoms with Crippen LogP contribution in [0, 0.1) is 0 Å². The molecule has 7 nitrogen and oxygen atoms in total. The van der Waals surface area contributed by atoms with Crippen molar-refractivity contribution in [2.24, 2.45) is 4.99 Å². The highest BCUT2D eigenvalue weighted by atomic mass is 127. The summed E-state index contributed by atoms with van der Waals surface area (Å²) in [6.07, 6.45) is 5.47. The van der Waals surface area contributed by atoms with Gasteiger partial charge in [-0.15, -0.1) is 24.0 Å². The summed E-state index contributed by atoms with van der Waals surface area (Å²) < 4.78 is 0. The van der Waals surface area contributed by atoms with E-state index >= 15 is 0 Å². The number of anilines is 1. The second kappa shape index (κ2) is 12.1. The quantitative estimate of drug-likeness (QED) is 0.334. The number of pyridine rings is 1. The van der Waals surface area contributed by atoms with E-state index in [0.29, 0.717) is 23.7 Å². The fourth-order valence-electron chi connectivity index (χ4n) is 2.86. The van der Waals surface area contributed by atoms with E-state index in [1.165, 1.54) is 0 Å². The fraction of sp³-hybridized carbons (Fsp3) is 0.611. The van der Waals surface area contributed by atoms with Gasteiger partial charge in [-0.1, -0.05) is 0 Å². The minimum atomic E-state index is -0.153. The van der Waals surface area contributed by atoms with Crippen LogP contribution in [0.4, 0.5) is 5.69 Å². The fourth-order valence-corrected chi connectivity index (χ4v) is 2.86. The van der Waals surface area contributed by atoms with Gasteiger partial charge in [-0.2, -0.15) is 0 Å². The molecular formula is C18H31IN6O. The number of halogens is 1. The third-order valence-corrected chi connectivity index (χ3v) is 4.27. The van der Waals surface area contributed by atoms with E-state index in [4.69, 9.17) is 0 Å². The molecule has 2 heterocycles. The molecule has 0 aromatic carbocycles. The number of hydrogen-bond acceptors (Lipinski definition) is 4. The smallest absolute Gasteiger partial charge is 0.246 e. The van der Waals surface area contributed by atoms with Crippen LogP contribution in [0.5, 0.6) is 0 Å². The predicted molar refractivity (Wildman–Crippen MR) is 117 cm³/mol. The molecular weight excluding hydrogens is 443 g/mol. The minimum absolute atomic E-state index is 0. The minimum Gasteiger partial charge on any atom is -0.357 e. The molecule has 0 unspecified atom stereocenters. The lowest BCUT2D eigenvalue weighted by Crippen LogP contribution is -2.50. The van der Waals surface area contributed by atoms with Gasteiger partial charge in [0.05, 0.1) is 11.9 Å². The summed E-state index contributed by atoms with van der Waals surface area (Å²) >= 11 is 0. The number of rotatable bonds is 6.